The fraction of sp³-hybridized carbons (Fsp3) is 0.200. The first kappa shape index (κ1) is 19.3. The topological polar surface area (TPSA) is 29.5 Å². The van der Waals surface area contributed by atoms with Gasteiger partial charge in [-0.2, -0.15) is 0 Å². The number of allylic oxidation sites excluding steroid dienone is 1. The summed E-state index contributed by atoms with van der Waals surface area (Å²) in [5, 5.41) is 2.61. The first-order valence-electron chi connectivity index (χ1n) is 9.96. The summed E-state index contributed by atoms with van der Waals surface area (Å²) in [5.41, 5.74) is 4.23. The molecule has 2 aliphatic heterocycles. The number of halogens is 1. The van der Waals surface area contributed by atoms with E-state index in [1.165, 1.54) is 11.1 Å². The highest BCUT2D eigenvalue weighted by Gasteiger charge is 2.49. The van der Waals surface area contributed by atoms with Gasteiger partial charge in [0.2, 0.25) is 0 Å². The van der Waals surface area contributed by atoms with Gasteiger partial charge in [-0.25, -0.2) is 9.86 Å². The predicted molar refractivity (Wildman–Crippen MR) is 121 cm³/mol. The zero-order valence-electron chi connectivity index (χ0n) is 16.3. The maximum atomic E-state index is 11.9. The number of benzene rings is 3. The third-order valence-corrected chi connectivity index (χ3v) is 7.92. The normalized spacial score (nSPS) is 22.6. The molecule has 5 rings (SSSR count). The second-order valence-corrected chi connectivity index (χ2v) is 9.48. The summed E-state index contributed by atoms with van der Waals surface area (Å²) in [4.78, 5) is 17.9. The Labute approximate surface area is 185 Å². The first-order valence-corrected chi connectivity index (χ1v) is 11.2. The lowest BCUT2D eigenvalue weighted by molar-refractivity contribution is -0.0408. The van der Waals surface area contributed by atoms with E-state index in [0.717, 1.165) is 22.8 Å². The van der Waals surface area contributed by atoms with Crippen molar-refractivity contribution >= 4 is 29.3 Å². The number of rotatable bonds is 3. The third-order valence-electron chi connectivity index (χ3n) is 5.81. The standard InChI is InChI=1S/C25H20ClNO2S/c26-23-13-7-5-11-21(23)24-20-10-4-6-12-22(20)25(30-24)14-15-27(18(16-25)17-28)29-19-8-2-1-3-9-19/h1-13,24H,14-16H2. The summed E-state index contributed by atoms with van der Waals surface area (Å²) in [5.74, 6) is 2.87. The number of hydroxylamine groups is 2. The molecule has 0 N–H and O–H groups in total. The summed E-state index contributed by atoms with van der Waals surface area (Å²) < 4.78 is -0.191. The van der Waals surface area contributed by atoms with Crippen molar-refractivity contribution in [2.24, 2.45) is 0 Å². The van der Waals surface area contributed by atoms with E-state index >= 15 is 0 Å². The molecule has 2 heterocycles. The Kier molecular flexibility index (Phi) is 5.08. The Balaban J connectivity index is 1.48. The van der Waals surface area contributed by atoms with Gasteiger partial charge in [0, 0.05) is 11.4 Å². The molecule has 3 aromatic carbocycles. The number of para-hydroxylation sites is 1. The maximum absolute atomic E-state index is 11.9. The maximum Gasteiger partial charge on any atom is 0.155 e. The number of carbonyl (C=O) groups excluding carboxylic acids is 1. The quantitative estimate of drug-likeness (QED) is 0.461. The summed E-state index contributed by atoms with van der Waals surface area (Å²) in [6.45, 7) is 0.621. The van der Waals surface area contributed by atoms with Crippen molar-refractivity contribution < 1.29 is 9.63 Å². The molecule has 5 heteroatoms. The SMILES string of the molecule is O=C=C1CC2(CCN1Oc1ccccc1)SC(c1ccccc1Cl)c1ccccc12. The molecule has 2 unspecified atom stereocenters. The molecule has 0 bridgehead atoms. The van der Waals surface area contributed by atoms with Crippen LogP contribution in [0, 0.1) is 0 Å². The van der Waals surface area contributed by atoms with Gasteiger partial charge in [-0.1, -0.05) is 72.3 Å². The second-order valence-electron chi connectivity index (χ2n) is 7.58. The highest BCUT2D eigenvalue weighted by atomic mass is 35.5. The van der Waals surface area contributed by atoms with Crippen molar-refractivity contribution in [3.05, 3.63) is 106 Å². The Morgan fingerprint density at radius 2 is 1.67 bits per heavy atom. The number of nitrogens with zero attached hydrogens (tertiary/aromatic N) is 1. The van der Waals surface area contributed by atoms with E-state index in [1.807, 2.05) is 60.3 Å². The van der Waals surface area contributed by atoms with Crippen LogP contribution < -0.4 is 4.84 Å². The highest BCUT2D eigenvalue weighted by molar-refractivity contribution is 8.01. The van der Waals surface area contributed by atoms with Crippen LogP contribution >= 0.6 is 23.4 Å². The molecule has 0 aliphatic carbocycles. The van der Waals surface area contributed by atoms with Gasteiger partial charge in [-0.15, -0.1) is 11.8 Å². The summed E-state index contributed by atoms with van der Waals surface area (Å²) in [7, 11) is 0. The summed E-state index contributed by atoms with van der Waals surface area (Å²) in [6, 6.07) is 26.1. The van der Waals surface area contributed by atoms with Gasteiger partial charge in [0.15, 0.2) is 5.75 Å². The van der Waals surface area contributed by atoms with Gasteiger partial charge in [0.25, 0.3) is 0 Å². The predicted octanol–water partition coefficient (Wildman–Crippen LogP) is 6.18. The Morgan fingerprint density at radius 3 is 2.43 bits per heavy atom. The first-order chi connectivity index (χ1) is 14.7. The van der Waals surface area contributed by atoms with Gasteiger partial charge in [-0.05, 0) is 41.3 Å². The molecule has 3 aromatic rings. The van der Waals surface area contributed by atoms with Gasteiger partial charge in [-0.3, -0.25) is 0 Å². The van der Waals surface area contributed by atoms with Crippen LogP contribution in [-0.4, -0.2) is 17.5 Å². The molecule has 3 nitrogen and oxygen atoms in total. The molecule has 1 saturated heterocycles. The molecule has 30 heavy (non-hydrogen) atoms. The number of piperidine rings is 1. The van der Waals surface area contributed by atoms with Crippen LogP contribution in [0.4, 0.5) is 0 Å². The average molecular weight is 434 g/mol. The lowest BCUT2D eigenvalue weighted by atomic mass is 9.84. The number of fused-ring (bicyclic) bond motifs is 2. The van der Waals surface area contributed by atoms with E-state index in [2.05, 4.69) is 36.3 Å². The van der Waals surface area contributed by atoms with Crippen molar-refractivity contribution in [3.8, 4) is 5.75 Å². The van der Waals surface area contributed by atoms with Crippen LogP contribution in [0.1, 0.15) is 34.8 Å². The molecule has 0 saturated carbocycles. The van der Waals surface area contributed by atoms with Gasteiger partial charge >= 0.3 is 0 Å². The molecule has 0 amide bonds. The molecular weight excluding hydrogens is 414 g/mol. The van der Waals surface area contributed by atoms with E-state index < -0.39 is 0 Å². The minimum atomic E-state index is -0.191. The van der Waals surface area contributed by atoms with Crippen LogP contribution in [0.15, 0.2) is 84.6 Å². The smallest absolute Gasteiger partial charge is 0.155 e. The van der Waals surface area contributed by atoms with Crippen molar-refractivity contribution in [3.63, 3.8) is 0 Å². The van der Waals surface area contributed by atoms with Crippen LogP contribution in [0.3, 0.4) is 0 Å². The lowest BCUT2D eigenvalue weighted by Gasteiger charge is -2.40. The van der Waals surface area contributed by atoms with Gasteiger partial charge < -0.3 is 4.84 Å². The minimum Gasteiger partial charge on any atom is -0.379 e. The van der Waals surface area contributed by atoms with Gasteiger partial charge in [0.1, 0.15) is 11.6 Å². The summed E-state index contributed by atoms with van der Waals surface area (Å²) >= 11 is 8.45. The fourth-order valence-corrected chi connectivity index (χ4v) is 6.57. The molecule has 2 aliphatic rings. The number of thioether (sulfide) groups is 1. The van der Waals surface area contributed by atoms with Crippen LogP contribution in [0.2, 0.25) is 5.02 Å². The zero-order valence-corrected chi connectivity index (χ0v) is 17.8. The van der Waals surface area contributed by atoms with E-state index in [4.69, 9.17) is 16.4 Å². The Bertz CT molecular complexity index is 1130. The highest BCUT2D eigenvalue weighted by Crippen LogP contribution is 2.62. The molecule has 1 fully saturated rings. The van der Waals surface area contributed by atoms with Crippen molar-refractivity contribution in [2.75, 3.05) is 6.54 Å². The van der Waals surface area contributed by atoms with Crippen molar-refractivity contribution in [2.45, 2.75) is 22.8 Å². The van der Waals surface area contributed by atoms with E-state index in [1.54, 1.807) is 5.06 Å². The molecule has 0 radical (unpaired) electrons. The molecule has 150 valence electrons. The molecule has 1 spiro atoms. The van der Waals surface area contributed by atoms with Crippen LogP contribution in [-0.2, 0) is 9.54 Å². The van der Waals surface area contributed by atoms with Crippen molar-refractivity contribution in [1.82, 2.24) is 5.06 Å². The number of hydrogen-bond acceptors (Lipinski definition) is 4. The number of hydrogen-bond donors (Lipinski definition) is 0. The second kappa shape index (κ2) is 7.88. The molecular formula is C25H20ClNO2S. The third kappa shape index (κ3) is 3.31. The Morgan fingerprint density at radius 1 is 0.967 bits per heavy atom. The minimum absolute atomic E-state index is 0.143. The van der Waals surface area contributed by atoms with Crippen molar-refractivity contribution in [1.29, 1.82) is 0 Å². The van der Waals surface area contributed by atoms with E-state index in [-0.39, 0.29) is 10.00 Å². The Hall–Kier alpha value is -2.65. The monoisotopic (exact) mass is 433 g/mol. The zero-order chi connectivity index (χ0) is 20.6. The van der Waals surface area contributed by atoms with Crippen LogP contribution in [0.5, 0.6) is 5.75 Å². The molecule has 0 aromatic heterocycles. The van der Waals surface area contributed by atoms with E-state index in [0.29, 0.717) is 18.7 Å². The molecule has 2 atom stereocenters. The lowest BCUT2D eigenvalue weighted by Crippen LogP contribution is -2.40. The van der Waals surface area contributed by atoms with E-state index in [9.17, 15) is 4.79 Å². The van der Waals surface area contributed by atoms with Crippen LogP contribution in [0.25, 0.3) is 0 Å². The largest absolute Gasteiger partial charge is 0.379 e. The average Bonchev–Trinajstić information content (AvgIpc) is 3.10. The summed E-state index contributed by atoms with van der Waals surface area (Å²) in [6.07, 6.45) is 1.44. The van der Waals surface area contributed by atoms with Gasteiger partial charge in [0.05, 0.1) is 16.5 Å². The fourth-order valence-electron chi connectivity index (χ4n) is 4.40.